The standard InChI is InChI=1S/C25H30N4O3/c1-31-21-10-6-19(7-11-21)23-18-24(25(30)26-14-17-28-15-4-3-5-16-28)29(27-23)20-8-12-22(32-2)13-9-20/h6-13,18H,3-5,14-17H2,1-2H3,(H,26,30). The van der Waals surface area contributed by atoms with Gasteiger partial charge in [0.25, 0.3) is 5.91 Å². The molecule has 0 aliphatic carbocycles. The lowest BCUT2D eigenvalue weighted by Gasteiger charge is -2.26. The van der Waals surface area contributed by atoms with Crippen LogP contribution in [0.2, 0.25) is 0 Å². The van der Waals surface area contributed by atoms with Crippen LogP contribution >= 0.6 is 0 Å². The van der Waals surface area contributed by atoms with Gasteiger partial charge in [-0.15, -0.1) is 0 Å². The number of methoxy groups -OCH3 is 2. The number of hydrogen-bond acceptors (Lipinski definition) is 5. The average Bonchev–Trinajstić information content (AvgIpc) is 3.30. The summed E-state index contributed by atoms with van der Waals surface area (Å²) in [6.07, 6.45) is 3.78. The molecule has 7 nitrogen and oxygen atoms in total. The second kappa shape index (κ2) is 10.3. The van der Waals surface area contributed by atoms with Crippen LogP contribution in [-0.4, -0.2) is 61.0 Å². The third-order valence-electron chi connectivity index (χ3n) is 5.81. The van der Waals surface area contributed by atoms with E-state index in [1.807, 2.05) is 54.6 Å². The fourth-order valence-electron chi connectivity index (χ4n) is 3.97. The summed E-state index contributed by atoms with van der Waals surface area (Å²) in [6, 6.07) is 17.0. The molecule has 2 heterocycles. The normalized spacial score (nSPS) is 14.2. The molecule has 1 saturated heterocycles. The number of piperidine rings is 1. The number of amides is 1. The molecule has 0 spiro atoms. The van der Waals surface area contributed by atoms with E-state index in [2.05, 4.69) is 10.2 Å². The third-order valence-corrected chi connectivity index (χ3v) is 5.81. The molecule has 1 fully saturated rings. The van der Waals surface area contributed by atoms with Gasteiger partial charge in [-0.3, -0.25) is 4.79 Å². The van der Waals surface area contributed by atoms with E-state index in [1.165, 1.54) is 19.3 Å². The zero-order chi connectivity index (χ0) is 22.3. The van der Waals surface area contributed by atoms with Gasteiger partial charge in [-0.2, -0.15) is 5.10 Å². The van der Waals surface area contributed by atoms with Crippen molar-refractivity contribution in [3.63, 3.8) is 0 Å². The molecule has 1 amide bonds. The summed E-state index contributed by atoms with van der Waals surface area (Å²) in [5.74, 6) is 1.40. The molecule has 2 aromatic carbocycles. The van der Waals surface area contributed by atoms with Crippen molar-refractivity contribution in [1.29, 1.82) is 0 Å². The smallest absolute Gasteiger partial charge is 0.270 e. The largest absolute Gasteiger partial charge is 0.497 e. The van der Waals surface area contributed by atoms with Crippen LogP contribution in [0.4, 0.5) is 0 Å². The predicted octanol–water partition coefficient (Wildman–Crippen LogP) is 3.77. The average molecular weight is 435 g/mol. The molecular formula is C25H30N4O3. The second-order valence-electron chi connectivity index (χ2n) is 7.91. The molecule has 1 aromatic heterocycles. The number of carbonyl (C=O) groups is 1. The molecule has 1 aliphatic heterocycles. The van der Waals surface area contributed by atoms with Crippen LogP contribution in [-0.2, 0) is 0 Å². The van der Waals surface area contributed by atoms with Gasteiger partial charge in [-0.1, -0.05) is 6.42 Å². The van der Waals surface area contributed by atoms with Crippen molar-refractivity contribution in [2.75, 3.05) is 40.4 Å². The highest BCUT2D eigenvalue weighted by molar-refractivity contribution is 5.94. The quantitative estimate of drug-likeness (QED) is 0.585. The maximum Gasteiger partial charge on any atom is 0.270 e. The van der Waals surface area contributed by atoms with Crippen molar-refractivity contribution in [3.8, 4) is 28.4 Å². The fraction of sp³-hybridized carbons (Fsp3) is 0.360. The van der Waals surface area contributed by atoms with Crippen LogP contribution in [0.1, 0.15) is 29.8 Å². The summed E-state index contributed by atoms with van der Waals surface area (Å²) in [5.41, 5.74) is 2.94. The first-order chi connectivity index (χ1) is 15.7. The highest BCUT2D eigenvalue weighted by atomic mass is 16.5. The lowest BCUT2D eigenvalue weighted by molar-refractivity contribution is 0.0939. The van der Waals surface area contributed by atoms with Gasteiger partial charge >= 0.3 is 0 Å². The monoisotopic (exact) mass is 434 g/mol. The molecule has 32 heavy (non-hydrogen) atoms. The topological polar surface area (TPSA) is 68.6 Å². The SMILES string of the molecule is COc1ccc(-c2cc(C(=O)NCCN3CCCCC3)n(-c3ccc(OC)cc3)n2)cc1. The first-order valence-corrected chi connectivity index (χ1v) is 11.1. The Balaban J connectivity index is 1.57. The molecule has 168 valence electrons. The molecule has 1 aliphatic rings. The molecule has 1 N–H and O–H groups in total. The van der Waals surface area contributed by atoms with Gasteiger partial charge < -0.3 is 19.7 Å². The molecule has 0 unspecified atom stereocenters. The summed E-state index contributed by atoms with van der Waals surface area (Å²) in [6.45, 7) is 3.71. The Kier molecular flexibility index (Phi) is 7.07. The molecule has 0 bridgehead atoms. The van der Waals surface area contributed by atoms with Gasteiger partial charge in [0.2, 0.25) is 0 Å². The van der Waals surface area contributed by atoms with Crippen LogP contribution < -0.4 is 14.8 Å². The first-order valence-electron chi connectivity index (χ1n) is 11.1. The maximum atomic E-state index is 13.1. The van der Waals surface area contributed by atoms with Gasteiger partial charge in [-0.05, 0) is 80.5 Å². The number of ether oxygens (including phenoxy) is 2. The zero-order valence-electron chi connectivity index (χ0n) is 18.7. The number of benzene rings is 2. The minimum absolute atomic E-state index is 0.134. The predicted molar refractivity (Wildman–Crippen MR) is 125 cm³/mol. The first kappa shape index (κ1) is 21.9. The molecule has 4 rings (SSSR count). The van der Waals surface area contributed by atoms with E-state index in [1.54, 1.807) is 18.9 Å². The minimum Gasteiger partial charge on any atom is -0.497 e. The Hall–Kier alpha value is -3.32. The number of likely N-dealkylation sites (tertiary alicyclic amines) is 1. The van der Waals surface area contributed by atoms with Crippen molar-refractivity contribution >= 4 is 5.91 Å². The van der Waals surface area contributed by atoms with Gasteiger partial charge in [0, 0.05) is 18.7 Å². The molecule has 0 saturated carbocycles. The summed E-state index contributed by atoms with van der Waals surface area (Å²) >= 11 is 0. The number of nitrogens with zero attached hydrogens (tertiary/aromatic N) is 3. The molecular weight excluding hydrogens is 404 g/mol. The van der Waals surface area contributed by atoms with Crippen molar-refractivity contribution in [2.24, 2.45) is 0 Å². The van der Waals surface area contributed by atoms with E-state index >= 15 is 0 Å². The maximum absolute atomic E-state index is 13.1. The van der Waals surface area contributed by atoms with Crippen LogP contribution in [0.3, 0.4) is 0 Å². The molecule has 0 radical (unpaired) electrons. The minimum atomic E-state index is -0.134. The second-order valence-corrected chi connectivity index (χ2v) is 7.91. The van der Waals surface area contributed by atoms with Crippen molar-refractivity contribution in [2.45, 2.75) is 19.3 Å². The molecule has 3 aromatic rings. The summed E-state index contributed by atoms with van der Waals surface area (Å²) < 4.78 is 12.2. The Morgan fingerprint density at radius 1 is 0.938 bits per heavy atom. The Morgan fingerprint density at radius 2 is 1.56 bits per heavy atom. The van der Waals surface area contributed by atoms with Crippen LogP contribution in [0, 0.1) is 0 Å². The van der Waals surface area contributed by atoms with E-state index in [9.17, 15) is 4.79 Å². The van der Waals surface area contributed by atoms with E-state index < -0.39 is 0 Å². The summed E-state index contributed by atoms with van der Waals surface area (Å²) in [7, 11) is 3.27. The van der Waals surface area contributed by atoms with E-state index in [0.717, 1.165) is 48.1 Å². The van der Waals surface area contributed by atoms with Crippen LogP contribution in [0.5, 0.6) is 11.5 Å². The van der Waals surface area contributed by atoms with E-state index in [4.69, 9.17) is 14.6 Å². The van der Waals surface area contributed by atoms with Crippen molar-refractivity contribution in [3.05, 3.63) is 60.3 Å². The lowest BCUT2D eigenvalue weighted by atomic mass is 10.1. The lowest BCUT2D eigenvalue weighted by Crippen LogP contribution is -2.38. The van der Waals surface area contributed by atoms with Crippen LogP contribution in [0.25, 0.3) is 16.9 Å². The zero-order valence-corrected chi connectivity index (χ0v) is 18.7. The van der Waals surface area contributed by atoms with Gasteiger partial charge in [0.15, 0.2) is 0 Å². The number of carbonyl (C=O) groups excluding carboxylic acids is 1. The van der Waals surface area contributed by atoms with Gasteiger partial charge in [0.05, 0.1) is 25.6 Å². The van der Waals surface area contributed by atoms with Crippen molar-refractivity contribution < 1.29 is 14.3 Å². The summed E-state index contributed by atoms with van der Waals surface area (Å²) in [5, 5.41) is 7.82. The Bertz CT molecular complexity index is 1020. The number of nitrogens with one attached hydrogen (secondary N) is 1. The number of hydrogen-bond donors (Lipinski definition) is 1. The fourth-order valence-corrected chi connectivity index (χ4v) is 3.97. The highest BCUT2D eigenvalue weighted by Crippen LogP contribution is 2.25. The van der Waals surface area contributed by atoms with Crippen molar-refractivity contribution in [1.82, 2.24) is 20.0 Å². The Morgan fingerprint density at radius 3 is 2.19 bits per heavy atom. The number of aromatic nitrogens is 2. The van der Waals surface area contributed by atoms with Crippen LogP contribution in [0.15, 0.2) is 54.6 Å². The summed E-state index contributed by atoms with van der Waals surface area (Å²) in [4.78, 5) is 15.5. The Labute approximate surface area is 188 Å². The van der Waals surface area contributed by atoms with E-state index in [-0.39, 0.29) is 5.91 Å². The molecule has 0 atom stereocenters. The third kappa shape index (κ3) is 5.11. The highest BCUT2D eigenvalue weighted by Gasteiger charge is 2.18. The van der Waals surface area contributed by atoms with E-state index in [0.29, 0.717) is 12.2 Å². The van der Waals surface area contributed by atoms with Gasteiger partial charge in [0.1, 0.15) is 17.2 Å². The molecule has 7 heteroatoms. The number of rotatable bonds is 8. The van der Waals surface area contributed by atoms with Gasteiger partial charge in [-0.25, -0.2) is 4.68 Å².